The summed E-state index contributed by atoms with van der Waals surface area (Å²) in [6, 6.07) is 4.32. The molecule has 0 aromatic heterocycles. The van der Waals surface area contributed by atoms with Gasteiger partial charge in [0.25, 0.3) is 0 Å². The van der Waals surface area contributed by atoms with Gasteiger partial charge < -0.3 is 11.1 Å². The zero-order chi connectivity index (χ0) is 12.8. The van der Waals surface area contributed by atoms with Crippen molar-refractivity contribution in [2.45, 2.75) is 13.5 Å². The van der Waals surface area contributed by atoms with Crippen molar-refractivity contribution in [2.75, 3.05) is 25.9 Å². The summed E-state index contributed by atoms with van der Waals surface area (Å²) in [7, 11) is 1.60. The Kier molecular flexibility index (Phi) is 4.90. The summed E-state index contributed by atoms with van der Waals surface area (Å²) in [4.78, 5) is 13.2. The lowest BCUT2D eigenvalue weighted by Gasteiger charge is -2.20. The third-order valence-corrected chi connectivity index (χ3v) is 2.60. The smallest absolute Gasteiger partial charge is 0.233 e. The molecule has 1 aromatic carbocycles. The van der Waals surface area contributed by atoms with E-state index in [9.17, 15) is 9.18 Å². The molecule has 0 aliphatic carbocycles. The van der Waals surface area contributed by atoms with Crippen LogP contribution in [0, 0.1) is 5.82 Å². The largest absolute Gasteiger partial charge is 0.398 e. The summed E-state index contributed by atoms with van der Waals surface area (Å²) in [6.45, 7) is 3.53. The van der Waals surface area contributed by atoms with E-state index in [-0.39, 0.29) is 11.7 Å². The van der Waals surface area contributed by atoms with Crippen molar-refractivity contribution in [2.24, 2.45) is 0 Å². The Labute approximate surface area is 101 Å². The number of anilines is 1. The Hall–Kier alpha value is -1.62. The number of nitrogens with zero attached hydrogens (tertiary/aromatic N) is 1. The van der Waals surface area contributed by atoms with Crippen LogP contribution in [0.1, 0.15) is 12.5 Å². The molecule has 0 heterocycles. The van der Waals surface area contributed by atoms with Crippen LogP contribution in [-0.2, 0) is 11.3 Å². The summed E-state index contributed by atoms with van der Waals surface area (Å²) in [6.07, 6.45) is 0. The number of likely N-dealkylation sites (N-methyl/N-ethyl adjacent to an activating group) is 2. The van der Waals surface area contributed by atoms with Crippen molar-refractivity contribution in [1.29, 1.82) is 0 Å². The molecule has 1 aromatic rings. The molecule has 0 bridgehead atoms. The number of carbonyl (C=O) groups is 1. The van der Waals surface area contributed by atoms with Crippen LogP contribution in [0.15, 0.2) is 18.2 Å². The van der Waals surface area contributed by atoms with Crippen LogP contribution < -0.4 is 11.1 Å². The molecular formula is C12H18FN3O. The van der Waals surface area contributed by atoms with E-state index in [1.54, 1.807) is 13.1 Å². The molecule has 1 rings (SSSR count). The lowest BCUT2D eigenvalue weighted by Crippen LogP contribution is -2.35. The van der Waals surface area contributed by atoms with Crippen LogP contribution in [-0.4, -0.2) is 30.9 Å². The minimum absolute atomic E-state index is 0.0486. The Balaban J connectivity index is 2.70. The molecule has 0 aliphatic rings. The average Bonchev–Trinajstić information content (AvgIpc) is 2.31. The van der Waals surface area contributed by atoms with E-state index >= 15 is 0 Å². The number of amides is 1. The normalized spacial score (nSPS) is 10.6. The van der Waals surface area contributed by atoms with Crippen molar-refractivity contribution in [3.05, 3.63) is 29.6 Å². The van der Waals surface area contributed by atoms with Gasteiger partial charge in [-0.05, 0) is 24.2 Å². The molecule has 0 spiro atoms. The minimum Gasteiger partial charge on any atom is -0.398 e. The summed E-state index contributed by atoms with van der Waals surface area (Å²) in [5.41, 5.74) is 6.97. The molecule has 94 valence electrons. The van der Waals surface area contributed by atoms with Gasteiger partial charge in [-0.15, -0.1) is 0 Å². The predicted octanol–water partition coefficient (Wildman–Crippen LogP) is 0.976. The van der Waals surface area contributed by atoms with Crippen LogP contribution in [0.2, 0.25) is 0 Å². The first-order valence-corrected chi connectivity index (χ1v) is 5.53. The van der Waals surface area contributed by atoms with E-state index in [0.717, 1.165) is 12.1 Å². The first kappa shape index (κ1) is 13.4. The molecule has 5 heteroatoms. The van der Waals surface area contributed by atoms with E-state index in [1.807, 2.05) is 11.8 Å². The SMILES string of the molecule is CCN(CC(=O)NC)Cc1ccc(F)cc1N. The fraction of sp³-hybridized carbons (Fsp3) is 0.417. The molecule has 17 heavy (non-hydrogen) atoms. The van der Waals surface area contributed by atoms with Crippen LogP contribution in [0.4, 0.5) is 10.1 Å². The number of hydrogen-bond donors (Lipinski definition) is 2. The molecule has 0 saturated carbocycles. The van der Waals surface area contributed by atoms with E-state index in [1.165, 1.54) is 12.1 Å². The highest BCUT2D eigenvalue weighted by molar-refractivity contribution is 5.77. The van der Waals surface area contributed by atoms with E-state index in [0.29, 0.717) is 18.8 Å². The lowest BCUT2D eigenvalue weighted by atomic mass is 10.1. The van der Waals surface area contributed by atoms with E-state index in [2.05, 4.69) is 5.32 Å². The molecule has 0 aliphatic heterocycles. The van der Waals surface area contributed by atoms with Gasteiger partial charge in [0.1, 0.15) is 5.82 Å². The summed E-state index contributed by atoms with van der Waals surface area (Å²) < 4.78 is 12.9. The maximum absolute atomic E-state index is 12.9. The molecule has 0 unspecified atom stereocenters. The number of carbonyl (C=O) groups excluding carboxylic acids is 1. The molecular weight excluding hydrogens is 221 g/mol. The number of nitrogens with two attached hydrogens (primary N) is 1. The second-order valence-corrected chi connectivity index (χ2v) is 3.82. The number of hydrogen-bond acceptors (Lipinski definition) is 3. The van der Waals surface area contributed by atoms with E-state index in [4.69, 9.17) is 5.73 Å². The van der Waals surface area contributed by atoms with Gasteiger partial charge in [-0.2, -0.15) is 0 Å². The first-order valence-electron chi connectivity index (χ1n) is 5.53. The van der Waals surface area contributed by atoms with Crippen molar-refractivity contribution >= 4 is 11.6 Å². The highest BCUT2D eigenvalue weighted by atomic mass is 19.1. The number of nitrogen functional groups attached to an aromatic ring is 1. The Morgan fingerprint density at radius 2 is 2.24 bits per heavy atom. The van der Waals surface area contributed by atoms with Gasteiger partial charge in [-0.1, -0.05) is 13.0 Å². The van der Waals surface area contributed by atoms with Crippen molar-refractivity contribution < 1.29 is 9.18 Å². The summed E-state index contributed by atoms with van der Waals surface area (Å²) in [5.74, 6) is -0.395. The van der Waals surface area contributed by atoms with Crippen LogP contribution >= 0.6 is 0 Å². The maximum atomic E-state index is 12.9. The van der Waals surface area contributed by atoms with Gasteiger partial charge in [-0.25, -0.2) is 4.39 Å². The van der Waals surface area contributed by atoms with Crippen molar-refractivity contribution in [3.63, 3.8) is 0 Å². The Morgan fingerprint density at radius 3 is 2.76 bits per heavy atom. The fourth-order valence-corrected chi connectivity index (χ4v) is 1.51. The number of halogens is 1. The molecule has 0 saturated heterocycles. The quantitative estimate of drug-likeness (QED) is 0.753. The van der Waals surface area contributed by atoms with Crippen LogP contribution in [0.5, 0.6) is 0 Å². The zero-order valence-corrected chi connectivity index (χ0v) is 10.2. The number of rotatable bonds is 5. The number of benzene rings is 1. The predicted molar refractivity (Wildman–Crippen MR) is 65.8 cm³/mol. The molecule has 0 atom stereocenters. The molecule has 1 amide bonds. The summed E-state index contributed by atoms with van der Waals surface area (Å²) >= 11 is 0. The first-order chi connectivity index (χ1) is 8.06. The Bertz CT molecular complexity index is 395. The molecule has 4 nitrogen and oxygen atoms in total. The lowest BCUT2D eigenvalue weighted by molar-refractivity contribution is -0.121. The van der Waals surface area contributed by atoms with Gasteiger partial charge in [-0.3, -0.25) is 9.69 Å². The fourth-order valence-electron chi connectivity index (χ4n) is 1.51. The average molecular weight is 239 g/mol. The summed E-state index contributed by atoms with van der Waals surface area (Å²) in [5, 5.41) is 2.57. The second-order valence-electron chi connectivity index (χ2n) is 3.82. The highest BCUT2D eigenvalue weighted by Gasteiger charge is 2.10. The Morgan fingerprint density at radius 1 is 1.53 bits per heavy atom. The third-order valence-electron chi connectivity index (χ3n) is 2.60. The van der Waals surface area contributed by atoms with Crippen molar-refractivity contribution in [3.8, 4) is 0 Å². The van der Waals surface area contributed by atoms with Gasteiger partial charge in [0.2, 0.25) is 5.91 Å². The molecule has 3 N–H and O–H groups in total. The zero-order valence-electron chi connectivity index (χ0n) is 10.2. The van der Waals surface area contributed by atoms with Gasteiger partial charge in [0, 0.05) is 19.3 Å². The van der Waals surface area contributed by atoms with Gasteiger partial charge in [0.15, 0.2) is 0 Å². The topological polar surface area (TPSA) is 58.4 Å². The van der Waals surface area contributed by atoms with Crippen LogP contribution in [0.25, 0.3) is 0 Å². The van der Waals surface area contributed by atoms with Crippen LogP contribution in [0.3, 0.4) is 0 Å². The third kappa shape index (κ3) is 4.03. The molecule has 0 fully saturated rings. The molecule has 0 radical (unpaired) electrons. The monoisotopic (exact) mass is 239 g/mol. The van der Waals surface area contributed by atoms with E-state index < -0.39 is 0 Å². The van der Waals surface area contributed by atoms with Gasteiger partial charge in [0.05, 0.1) is 6.54 Å². The number of nitrogens with one attached hydrogen (secondary N) is 1. The second kappa shape index (κ2) is 6.20. The standard InChI is InChI=1S/C12H18FN3O/c1-3-16(8-12(17)15-2)7-9-4-5-10(13)6-11(9)14/h4-6H,3,7-8,14H2,1-2H3,(H,15,17). The highest BCUT2D eigenvalue weighted by Crippen LogP contribution is 2.15. The van der Waals surface area contributed by atoms with Gasteiger partial charge >= 0.3 is 0 Å². The minimum atomic E-state index is -0.347. The van der Waals surface area contributed by atoms with Crippen molar-refractivity contribution in [1.82, 2.24) is 10.2 Å². The maximum Gasteiger partial charge on any atom is 0.233 e.